The van der Waals surface area contributed by atoms with Crippen molar-refractivity contribution in [1.82, 2.24) is 10.6 Å². The molecule has 0 bridgehead atoms. The molecule has 0 saturated carbocycles. The van der Waals surface area contributed by atoms with Crippen LogP contribution in [0.5, 0.6) is 0 Å². The van der Waals surface area contributed by atoms with Gasteiger partial charge in [0.2, 0.25) is 5.91 Å². The predicted molar refractivity (Wildman–Crippen MR) is 45.4 cm³/mol. The molecule has 0 unspecified atom stereocenters. The Morgan fingerprint density at radius 3 is 2.64 bits per heavy atom. The van der Waals surface area contributed by atoms with Gasteiger partial charge in [0.15, 0.2) is 0 Å². The highest BCUT2D eigenvalue weighted by Crippen LogP contribution is 1.72. The molecule has 0 rings (SSSR count). The first-order chi connectivity index (χ1) is 6.70. The normalized spacial score (nSPS) is 8.93. The van der Waals surface area contributed by atoms with Crippen LogP contribution in [-0.2, 0) is 19.1 Å². The number of hydrogen-bond acceptors (Lipinski definition) is 5. The summed E-state index contributed by atoms with van der Waals surface area (Å²) >= 11 is 0. The SMILES string of the molecule is COC(=O)NCC(=O)NCOCC=O. The fraction of sp³-hybridized carbons (Fsp3) is 0.571. The number of ether oxygens (including phenoxy) is 2. The number of carbonyl (C=O) groups is 3. The van der Waals surface area contributed by atoms with Gasteiger partial charge in [0.1, 0.15) is 26.2 Å². The molecule has 0 aliphatic rings. The van der Waals surface area contributed by atoms with Crippen molar-refractivity contribution in [1.29, 1.82) is 0 Å². The molecule has 0 aliphatic carbocycles. The summed E-state index contributed by atoms with van der Waals surface area (Å²) in [6, 6.07) is 0. The van der Waals surface area contributed by atoms with E-state index in [0.717, 1.165) is 0 Å². The summed E-state index contributed by atoms with van der Waals surface area (Å²) in [5.41, 5.74) is 0. The van der Waals surface area contributed by atoms with Crippen LogP contribution in [0.2, 0.25) is 0 Å². The molecular weight excluding hydrogens is 192 g/mol. The maximum Gasteiger partial charge on any atom is 0.407 e. The standard InChI is InChI=1S/C7H12N2O5/c1-13-7(12)8-4-6(11)9-5-14-3-2-10/h2H,3-5H2,1H3,(H,8,12)(H,9,11). The Bertz CT molecular complexity index is 206. The van der Waals surface area contributed by atoms with E-state index in [4.69, 9.17) is 0 Å². The lowest BCUT2D eigenvalue weighted by Crippen LogP contribution is -2.37. The highest BCUT2D eigenvalue weighted by molar-refractivity contribution is 5.81. The lowest BCUT2D eigenvalue weighted by atomic mass is 10.6. The first-order valence-electron chi connectivity index (χ1n) is 3.80. The van der Waals surface area contributed by atoms with E-state index in [2.05, 4.69) is 20.1 Å². The monoisotopic (exact) mass is 204 g/mol. The molecule has 80 valence electrons. The van der Waals surface area contributed by atoms with E-state index in [9.17, 15) is 14.4 Å². The van der Waals surface area contributed by atoms with E-state index in [-0.39, 0.29) is 19.9 Å². The van der Waals surface area contributed by atoms with Crippen LogP contribution in [0.25, 0.3) is 0 Å². The Morgan fingerprint density at radius 2 is 2.07 bits per heavy atom. The molecule has 0 saturated heterocycles. The van der Waals surface area contributed by atoms with Crippen molar-refractivity contribution in [2.24, 2.45) is 0 Å². The topological polar surface area (TPSA) is 93.7 Å². The van der Waals surface area contributed by atoms with Crippen LogP contribution >= 0.6 is 0 Å². The fourth-order valence-corrected chi connectivity index (χ4v) is 0.526. The van der Waals surface area contributed by atoms with Crippen molar-refractivity contribution in [3.05, 3.63) is 0 Å². The van der Waals surface area contributed by atoms with Gasteiger partial charge in [-0.2, -0.15) is 0 Å². The summed E-state index contributed by atoms with van der Waals surface area (Å²) < 4.78 is 8.88. The summed E-state index contributed by atoms with van der Waals surface area (Å²) in [4.78, 5) is 31.2. The Labute approximate surface area is 80.7 Å². The number of aldehydes is 1. The molecule has 14 heavy (non-hydrogen) atoms. The van der Waals surface area contributed by atoms with Crippen LogP contribution in [0.15, 0.2) is 0 Å². The summed E-state index contributed by atoms with van der Waals surface area (Å²) in [6.45, 7) is -0.345. The summed E-state index contributed by atoms with van der Waals surface area (Å²) in [6.07, 6.45) is -0.118. The minimum atomic E-state index is -0.686. The fourth-order valence-electron chi connectivity index (χ4n) is 0.526. The van der Waals surface area contributed by atoms with Gasteiger partial charge in [-0.15, -0.1) is 0 Å². The highest BCUT2D eigenvalue weighted by atomic mass is 16.5. The van der Waals surface area contributed by atoms with E-state index in [0.29, 0.717) is 6.29 Å². The largest absolute Gasteiger partial charge is 0.453 e. The molecule has 7 heteroatoms. The molecule has 0 heterocycles. The average Bonchev–Trinajstić information content (AvgIpc) is 2.21. The minimum Gasteiger partial charge on any atom is -0.453 e. The first kappa shape index (κ1) is 12.4. The van der Waals surface area contributed by atoms with Gasteiger partial charge in [-0.3, -0.25) is 4.79 Å². The number of rotatable bonds is 6. The van der Waals surface area contributed by atoms with Crippen molar-refractivity contribution in [2.75, 3.05) is 27.0 Å². The Kier molecular flexibility index (Phi) is 7.06. The number of methoxy groups -OCH3 is 1. The third kappa shape index (κ3) is 7.04. The molecule has 0 aromatic heterocycles. The van der Waals surface area contributed by atoms with Crippen molar-refractivity contribution in [3.63, 3.8) is 0 Å². The Balaban J connectivity index is 3.36. The van der Waals surface area contributed by atoms with Crippen LogP contribution in [-0.4, -0.2) is 45.3 Å². The van der Waals surface area contributed by atoms with E-state index in [1.807, 2.05) is 0 Å². The van der Waals surface area contributed by atoms with Crippen molar-refractivity contribution >= 4 is 18.3 Å². The molecule has 0 spiro atoms. The molecule has 0 atom stereocenters. The molecular formula is C7H12N2O5. The summed E-state index contributed by atoms with van der Waals surface area (Å²) in [7, 11) is 1.19. The van der Waals surface area contributed by atoms with Gasteiger partial charge < -0.3 is 24.9 Å². The number of carbonyl (C=O) groups excluding carboxylic acids is 3. The zero-order chi connectivity index (χ0) is 10.8. The van der Waals surface area contributed by atoms with Crippen molar-refractivity contribution < 1.29 is 23.9 Å². The van der Waals surface area contributed by atoms with Crippen LogP contribution < -0.4 is 10.6 Å². The lowest BCUT2D eigenvalue weighted by molar-refractivity contribution is -0.123. The summed E-state index contributed by atoms with van der Waals surface area (Å²) in [5.74, 6) is -0.429. The van der Waals surface area contributed by atoms with E-state index in [1.54, 1.807) is 0 Å². The van der Waals surface area contributed by atoms with Gasteiger partial charge in [-0.1, -0.05) is 0 Å². The third-order valence-electron chi connectivity index (χ3n) is 1.14. The average molecular weight is 204 g/mol. The number of nitrogens with one attached hydrogen (secondary N) is 2. The van der Waals surface area contributed by atoms with Gasteiger partial charge in [0, 0.05) is 0 Å². The van der Waals surface area contributed by atoms with Gasteiger partial charge in [0.05, 0.1) is 7.11 Å². The van der Waals surface area contributed by atoms with Crippen LogP contribution in [0.4, 0.5) is 4.79 Å². The van der Waals surface area contributed by atoms with E-state index in [1.165, 1.54) is 7.11 Å². The second-order valence-corrected chi connectivity index (χ2v) is 2.13. The van der Waals surface area contributed by atoms with Gasteiger partial charge in [-0.25, -0.2) is 4.79 Å². The summed E-state index contributed by atoms with van der Waals surface area (Å²) in [5, 5.41) is 4.48. The van der Waals surface area contributed by atoms with E-state index >= 15 is 0 Å². The van der Waals surface area contributed by atoms with Crippen LogP contribution in [0.1, 0.15) is 0 Å². The van der Waals surface area contributed by atoms with E-state index < -0.39 is 12.0 Å². The van der Waals surface area contributed by atoms with Gasteiger partial charge in [0.25, 0.3) is 0 Å². The smallest absolute Gasteiger partial charge is 0.407 e. The lowest BCUT2D eigenvalue weighted by Gasteiger charge is -2.05. The predicted octanol–water partition coefficient (Wildman–Crippen LogP) is -1.37. The molecule has 0 fully saturated rings. The molecule has 2 amide bonds. The first-order valence-corrected chi connectivity index (χ1v) is 3.80. The van der Waals surface area contributed by atoms with Crippen LogP contribution in [0, 0.1) is 0 Å². The maximum atomic E-state index is 10.9. The third-order valence-corrected chi connectivity index (χ3v) is 1.14. The molecule has 0 aliphatic heterocycles. The zero-order valence-electron chi connectivity index (χ0n) is 7.74. The van der Waals surface area contributed by atoms with Crippen LogP contribution in [0.3, 0.4) is 0 Å². The van der Waals surface area contributed by atoms with Gasteiger partial charge >= 0.3 is 6.09 Å². The van der Waals surface area contributed by atoms with Crippen molar-refractivity contribution in [2.45, 2.75) is 0 Å². The Hall–Kier alpha value is -1.63. The molecule has 2 N–H and O–H groups in total. The number of amides is 2. The number of hydrogen-bond donors (Lipinski definition) is 2. The quantitative estimate of drug-likeness (QED) is 0.316. The molecule has 0 aromatic rings. The Morgan fingerprint density at radius 1 is 1.36 bits per heavy atom. The maximum absolute atomic E-state index is 10.9. The molecule has 7 nitrogen and oxygen atoms in total. The van der Waals surface area contributed by atoms with Gasteiger partial charge in [-0.05, 0) is 0 Å². The molecule has 0 radical (unpaired) electrons. The number of alkyl carbamates (subject to hydrolysis) is 1. The zero-order valence-corrected chi connectivity index (χ0v) is 7.74. The van der Waals surface area contributed by atoms with Crippen molar-refractivity contribution in [3.8, 4) is 0 Å². The second kappa shape index (κ2) is 7.99. The molecule has 0 aromatic carbocycles. The minimum absolute atomic E-state index is 0.0690. The second-order valence-electron chi connectivity index (χ2n) is 2.13. The highest BCUT2D eigenvalue weighted by Gasteiger charge is 2.03.